The summed E-state index contributed by atoms with van der Waals surface area (Å²) in [7, 11) is -0.864. The average molecular weight is 317 g/mol. The number of nitrogens with zero attached hydrogens (tertiary/aromatic N) is 2. The van der Waals surface area contributed by atoms with E-state index in [4.69, 9.17) is 0 Å². The van der Waals surface area contributed by atoms with Crippen LogP contribution >= 0.6 is 0 Å². The van der Waals surface area contributed by atoms with E-state index in [2.05, 4.69) is 28.5 Å². The molecule has 0 amide bonds. The molecule has 5 nitrogen and oxygen atoms in total. The standard InChI is InChI=1S/C15H31N3O2S/c1-4-11-21(19,20)16-12-14(2)18-9-6-15(7-10-18)5-8-17(3)13-15/h14,16H,4-13H2,1-3H3. The molecule has 0 aromatic carbocycles. The molecule has 1 unspecified atom stereocenters. The third-order valence-electron chi connectivity index (χ3n) is 5.18. The van der Waals surface area contributed by atoms with E-state index in [0.29, 0.717) is 18.4 Å². The highest BCUT2D eigenvalue weighted by Crippen LogP contribution is 2.40. The van der Waals surface area contributed by atoms with Gasteiger partial charge in [0, 0.05) is 19.1 Å². The summed E-state index contributed by atoms with van der Waals surface area (Å²) in [5.41, 5.74) is 0.534. The normalized spacial score (nSPS) is 25.5. The van der Waals surface area contributed by atoms with E-state index >= 15 is 0 Å². The molecule has 1 atom stereocenters. The van der Waals surface area contributed by atoms with E-state index in [1.54, 1.807) is 0 Å². The van der Waals surface area contributed by atoms with Crippen molar-refractivity contribution in [1.29, 1.82) is 0 Å². The van der Waals surface area contributed by atoms with Crippen LogP contribution in [0.25, 0.3) is 0 Å². The fourth-order valence-corrected chi connectivity index (χ4v) is 4.90. The molecular weight excluding hydrogens is 286 g/mol. The van der Waals surface area contributed by atoms with E-state index in [9.17, 15) is 8.42 Å². The van der Waals surface area contributed by atoms with Crippen molar-refractivity contribution < 1.29 is 8.42 Å². The highest BCUT2D eigenvalue weighted by atomic mass is 32.2. The Morgan fingerprint density at radius 3 is 2.33 bits per heavy atom. The molecule has 2 aliphatic rings. The predicted octanol–water partition coefficient (Wildman–Crippen LogP) is 1.12. The molecule has 0 aromatic heterocycles. The lowest BCUT2D eigenvalue weighted by Gasteiger charge is -2.41. The Bertz CT molecular complexity index is 430. The van der Waals surface area contributed by atoms with Gasteiger partial charge in [-0.15, -0.1) is 0 Å². The molecule has 2 aliphatic heterocycles. The highest BCUT2D eigenvalue weighted by Gasteiger charge is 2.39. The quantitative estimate of drug-likeness (QED) is 0.798. The minimum Gasteiger partial charge on any atom is -0.306 e. The summed E-state index contributed by atoms with van der Waals surface area (Å²) in [4.78, 5) is 4.88. The van der Waals surface area contributed by atoms with Gasteiger partial charge in [-0.25, -0.2) is 13.1 Å². The summed E-state index contributed by atoms with van der Waals surface area (Å²) in [6.07, 6.45) is 4.51. The Balaban J connectivity index is 1.77. The van der Waals surface area contributed by atoms with Gasteiger partial charge in [-0.05, 0) is 64.7 Å². The SMILES string of the molecule is CCCS(=O)(=O)NCC(C)N1CCC2(CCN(C)C2)CC1. The van der Waals surface area contributed by atoms with Crippen LogP contribution in [0.3, 0.4) is 0 Å². The van der Waals surface area contributed by atoms with Crippen molar-refractivity contribution in [2.45, 2.75) is 45.6 Å². The van der Waals surface area contributed by atoms with E-state index in [0.717, 1.165) is 13.1 Å². The third-order valence-corrected chi connectivity index (χ3v) is 6.73. The zero-order valence-corrected chi connectivity index (χ0v) is 14.6. The topological polar surface area (TPSA) is 52.7 Å². The van der Waals surface area contributed by atoms with Gasteiger partial charge in [0.2, 0.25) is 10.0 Å². The first-order valence-electron chi connectivity index (χ1n) is 8.26. The van der Waals surface area contributed by atoms with Crippen molar-refractivity contribution in [2.24, 2.45) is 5.41 Å². The van der Waals surface area contributed by atoms with Crippen LogP contribution in [-0.2, 0) is 10.0 Å². The van der Waals surface area contributed by atoms with Gasteiger partial charge in [-0.1, -0.05) is 6.92 Å². The van der Waals surface area contributed by atoms with Crippen LogP contribution in [-0.4, -0.2) is 69.8 Å². The van der Waals surface area contributed by atoms with Crippen LogP contribution in [0, 0.1) is 5.41 Å². The minimum atomic E-state index is -3.08. The van der Waals surface area contributed by atoms with Crippen LogP contribution in [0.15, 0.2) is 0 Å². The maximum Gasteiger partial charge on any atom is 0.211 e. The first-order valence-corrected chi connectivity index (χ1v) is 9.91. The number of nitrogens with one attached hydrogen (secondary N) is 1. The molecule has 0 aliphatic carbocycles. The van der Waals surface area contributed by atoms with Crippen LogP contribution in [0.4, 0.5) is 0 Å². The monoisotopic (exact) mass is 317 g/mol. The van der Waals surface area contributed by atoms with Gasteiger partial charge in [0.1, 0.15) is 0 Å². The summed E-state index contributed by atoms with van der Waals surface area (Å²) in [6, 6.07) is 0.285. The van der Waals surface area contributed by atoms with Crippen LogP contribution < -0.4 is 4.72 Å². The maximum absolute atomic E-state index is 11.7. The van der Waals surface area contributed by atoms with Gasteiger partial charge < -0.3 is 4.90 Å². The number of sulfonamides is 1. The zero-order chi connectivity index (χ0) is 15.5. The Kier molecular flexibility index (Phi) is 5.68. The van der Waals surface area contributed by atoms with E-state index < -0.39 is 10.0 Å². The van der Waals surface area contributed by atoms with Crippen molar-refractivity contribution in [3.63, 3.8) is 0 Å². The van der Waals surface area contributed by atoms with E-state index in [-0.39, 0.29) is 11.8 Å². The minimum absolute atomic E-state index is 0.231. The molecule has 0 saturated carbocycles. The summed E-state index contributed by atoms with van der Waals surface area (Å²) < 4.78 is 26.2. The molecule has 0 aromatic rings. The third kappa shape index (κ3) is 4.65. The lowest BCUT2D eigenvalue weighted by molar-refractivity contribution is 0.0849. The van der Waals surface area contributed by atoms with Gasteiger partial charge in [0.25, 0.3) is 0 Å². The summed E-state index contributed by atoms with van der Waals surface area (Å²) >= 11 is 0. The number of hydrogen-bond donors (Lipinski definition) is 1. The number of piperidine rings is 1. The van der Waals surface area contributed by atoms with Crippen molar-refractivity contribution in [1.82, 2.24) is 14.5 Å². The van der Waals surface area contributed by atoms with Crippen LogP contribution in [0.2, 0.25) is 0 Å². The van der Waals surface area contributed by atoms with Gasteiger partial charge in [-0.2, -0.15) is 0 Å². The molecule has 1 spiro atoms. The molecule has 6 heteroatoms. The maximum atomic E-state index is 11.7. The fraction of sp³-hybridized carbons (Fsp3) is 1.00. The largest absolute Gasteiger partial charge is 0.306 e. The summed E-state index contributed by atoms with van der Waals surface area (Å²) in [5, 5.41) is 0. The molecule has 2 rings (SSSR count). The molecule has 124 valence electrons. The molecule has 0 radical (unpaired) electrons. The fourth-order valence-electron chi connectivity index (χ4n) is 3.72. The lowest BCUT2D eigenvalue weighted by atomic mass is 9.77. The molecule has 2 saturated heterocycles. The number of hydrogen-bond acceptors (Lipinski definition) is 4. The Hall–Kier alpha value is -0.170. The molecule has 2 fully saturated rings. The number of likely N-dealkylation sites (tertiary alicyclic amines) is 2. The van der Waals surface area contributed by atoms with Crippen LogP contribution in [0.5, 0.6) is 0 Å². The molecule has 1 N–H and O–H groups in total. The van der Waals surface area contributed by atoms with Gasteiger partial charge in [0.05, 0.1) is 5.75 Å². The summed E-state index contributed by atoms with van der Waals surface area (Å²) in [6.45, 7) is 9.23. The van der Waals surface area contributed by atoms with Crippen LogP contribution in [0.1, 0.15) is 39.5 Å². The van der Waals surface area contributed by atoms with E-state index in [1.807, 2.05) is 6.92 Å². The second-order valence-corrected chi connectivity index (χ2v) is 8.97. The number of rotatable bonds is 6. The summed E-state index contributed by atoms with van der Waals surface area (Å²) in [5.74, 6) is 0.231. The van der Waals surface area contributed by atoms with Gasteiger partial charge >= 0.3 is 0 Å². The Morgan fingerprint density at radius 2 is 1.81 bits per heavy atom. The average Bonchev–Trinajstić information content (AvgIpc) is 2.78. The molecular formula is C15H31N3O2S. The molecule has 21 heavy (non-hydrogen) atoms. The van der Waals surface area contributed by atoms with Crippen molar-refractivity contribution in [2.75, 3.05) is 45.5 Å². The first-order chi connectivity index (χ1) is 9.86. The van der Waals surface area contributed by atoms with Gasteiger partial charge in [-0.3, -0.25) is 4.90 Å². The highest BCUT2D eigenvalue weighted by molar-refractivity contribution is 7.89. The second kappa shape index (κ2) is 6.94. The predicted molar refractivity (Wildman–Crippen MR) is 86.9 cm³/mol. The lowest BCUT2D eigenvalue weighted by Crippen LogP contribution is -2.48. The van der Waals surface area contributed by atoms with Crippen molar-refractivity contribution in [3.05, 3.63) is 0 Å². The van der Waals surface area contributed by atoms with Crippen molar-refractivity contribution >= 4 is 10.0 Å². The first kappa shape index (κ1) is 17.2. The molecule has 2 heterocycles. The van der Waals surface area contributed by atoms with Gasteiger partial charge in [0.15, 0.2) is 0 Å². The Morgan fingerprint density at radius 1 is 1.19 bits per heavy atom. The zero-order valence-electron chi connectivity index (χ0n) is 13.8. The smallest absolute Gasteiger partial charge is 0.211 e. The Labute approximate surface area is 130 Å². The van der Waals surface area contributed by atoms with E-state index in [1.165, 1.54) is 32.4 Å². The second-order valence-electron chi connectivity index (χ2n) is 7.04. The van der Waals surface area contributed by atoms with Crippen molar-refractivity contribution in [3.8, 4) is 0 Å². The molecule has 0 bridgehead atoms.